The molecule has 0 saturated carbocycles. The van der Waals surface area contributed by atoms with Crippen molar-refractivity contribution in [1.82, 2.24) is 0 Å². The molecule has 7 heteroatoms. The number of hydrogen-bond acceptors (Lipinski definition) is 6. The zero-order chi connectivity index (χ0) is 19.6. The van der Waals surface area contributed by atoms with E-state index in [0.29, 0.717) is 40.9 Å². The molecule has 0 fully saturated rings. The number of benzene rings is 2. The van der Waals surface area contributed by atoms with Gasteiger partial charge in [0.25, 0.3) is 0 Å². The lowest BCUT2D eigenvalue weighted by Gasteiger charge is -2.28. The van der Waals surface area contributed by atoms with E-state index in [1.54, 1.807) is 41.6 Å². The Labute approximate surface area is 158 Å². The highest BCUT2D eigenvalue weighted by Gasteiger charge is 2.30. The van der Waals surface area contributed by atoms with Crippen LogP contribution in [0.1, 0.15) is 23.5 Å². The molecular weight excluding hydrogens is 350 g/mol. The minimum Gasteiger partial charge on any atom is -0.493 e. The summed E-state index contributed by atoms with van der Waals surface area (Å²) >= 11 is 0. The summed E-state index contributed by atoms with van der Waals surface area (Å²) in [6.07, 6.45) is 0.293. The SMILES string of the molecule is COc1cc2c(cc1OC)[C@H](c1cc(OC)c(OC)c(OC)c1)CC(=O)N2. The normalized spacial score (nSPS) is 15.4. The second-order valence-electron chi connectivity index (χ2n) is 6.06. The van der Waals surface area contributed by atoms with Crippen molar-refractivity contribution < 1.29 is 28.5 Å². The van der Waals surface area contributed by atoms with Crippen LogP contribution in [0.5, 0.6) is 28.7 Å². The van der Waals surface area contributed by atoms with Crippen LogP contribution in [0.2, 0.25) is 0 Å². The number of anilines is 1. The van der Waals surface area contributed by atoms with Crippen LogP contribution in [0, 0.1) is 0 Å². The van der Waals surface area contributed by atoms with Gasteiger partial charge in [0, 0.05) is 24.1 Å². The smallest absolute Gasteiger partial charge is 0.225 e. The van der Waals surface area contributed by atoms with Crippen LogP contribution < -0.4 is 29.0 Å². The van der Waals surface area contributed by atoms with E-state index in [4.69, 9.17) is 23.7 Å². The highest BCUT2D eigenvalue weighted by Crippen LogP contribution is 2.46. The molecule has 27 heavy (non-hydrogen) atoms. The van der Waals surface area contributed by atoms with Crippen LogP contribution in [-0.4, -0.2) is 41.5 Å². The largest absolute Gasteiger partial charge is 0.493 e. The number of methoxy groups -OCH3 is 5. The fourth-order valence-corrected chi connectivity index (χ4v) is 3.39. The average molecular weight is 373 g/mol. The molecule has 1 N–H and O–H groups in total. The number of rotatable bonds is 6. The Bertz CT molecular complexity index is 839. The Morgan fingerprint density at radius 3 is 1.85 bits per heavy atom. The highest BCUT2D eigenvalue weighted by molar-refractivity contribution is 5.96. The molecule has 0 aliphatic carbocycles. The molecule has 144 valence electrons. The van der Waals surface area contributed by atoms with Gasteiger partial charge in [0.05, 0.1) is 35.5 Å². The first-order chi connectivity index (χ1) is 13.1. The quantitative estimate of drug-likeness (QED) is 0.838. The van der Waals surface area contributed by atoms with E-state index in [1.807, 2.05) is 18.2 Å². The number of nitrogens with one attached hydrogen (secondary N) is 1. The van der Waals surface area contributed by atoms with E-state index < -0.39 is 0 Å². The van der Waals surface area contributed by atoms with Crippen LogP contribution in [0.15, 0.2) is 24.3 Å². The monoisotopic (exact) mass is 373 g/mol. The second-order valence-corrected chi connectivity index (χ2v) is 6.06. The molecule has 0 bridgehead atoms. The minimum absolute atomic E-state index is 0.0755. The fourth-order valence-electron chi connectivity index (χ4n) is 3.39. The Kier molecular flexibility index (Phi) is 5.30. The van der Waals surface area contributed by atoms with Crippen LogP contribution in [0.25, 0.3) is 0 Å². The van der Waals surface area contributed by atoms with Crippen molar-refractivity contribution in [2.24, 2.45) is 0 Å². The first-order valence-corrected chi connectivity index (χ1v) is 8.41. The third-order valence-corrected chi connectivity index (χ3v) is 4.68. The topological polar surface area (TPSA) is 75.2 Å². The number of carbonyl (C=O) groups is 1. The Hall–Kier alpha value is -3.09. The van der Waals surface area contributed by atoms with Gasteiger partial charge in [-0.2, -0.15) is 0 Å². The molecule has 2 aromatic rings. The third-order valence-electron chi connectivity index (χ3n) is 4.68. The summed E-state index contributed by atoms with van der Waals surface area (Å²) in [5.41, 5.74) is 2.51. The molecular formula is C20H23NO6. The second kappa shape index (κ2) is 7.65. The van der Waals surface area contributed by atoms with E-state index in [-0.39, 0.29) is 11.8 Å². The van der Waals surface area contributed by atoms with Gasteiger partial charge in [0.1, 0.15) is 0 Å². The van der Waals surface area contributed by atoms with Crippen molar-refractivity contribution in [1.29, 1.82) is 0 Å². The van der Waals surface area contributed by atoms with Crippen LogP contribution in [0.4, 0.5) is 5.69 Å². The molecule has 1 aliphatic rings. The summed E-state index contributed by atoms with van der Waals surface area (Å²) in [5, 5.41) is 2.90. The average Bonchev–Trinajstić information content (AvgIpc) is 2.70. The zero-order valence-corrected chi connectivity index (χ0v) is 16.0. The van der Waals surface area contributed by atoms with Crippen molar-refractivity contribution in [2.45, 2.75) is 12.3 Å². The number of amides is 1. The molecule has 1 amide bonds. The maximum atomic E-state index is 12.3. The van der Waals surface area contributed by atoms with Gasteiger partial charge in [-0.3, -0.25) is 4.79 Å². The molecule has 1 heterocycles. The minimum atomic E-state index is -0.192. The van der Waals surface area contributed by atoms with Crippen molar-refractivity contribution in [3.05, 3.63) is 35.4 Å². The maximum Gasteiger partial charge on any atom is 0.225 e. The van der Waals surface area contributed by atoms with Gasteiger partial charge in [-0.15, -0.1) is 0 Å². The predicted octanol–water partition coefficient (Wildman–Crippen LogP) is 3.20. The van der Waals surface area contributed by atoms with Crippen LogP contribution in [0.3, 0.4) is 0 Å². The van der Waals surface area contributed by atoms with Gasteiger partial charge in [-0.05, 0) is 29.3 Å². The summed E-state index contributed by atoms with van der Waals surface area (Å²) in [6.45, 7) is 0. The van der Waals surface area contributed by atoms with Crippen molar-refractivity contribution >= 4 is 11.6 Å². The van der Waals surface area contributed by atoms with Gasteiger partial charge in [-0.1, -0.05) is 0 Å². The molecule has 0 spiro atoms. The van der Waals surface area contributed by atoms with E-state index >= 15 is 0 Å². The van der Waals surface area contributed by atoms with Crippen molar-refractivity contribution in [3.63, 3.8) is 0 Å². The van der Waals surface area contributed by atoms with Crippen molar-refractivity contribution in [3.8, 4) is 28.7 Å². The first-order valence-electron chi connectivity index (χ1n) is 8.41. The number of ether oxygens (including phenoxy) is 5. The Morgan fingerprint density at radius 1 is 0.778 bits per heavy atom. The van der Waals surface area contributed by atoms with Gasteiger partial charge in [0.15, 0.2) is 23.0 Å². The Balaban J connectivity index is 2.17. The van der Waals surface area contributed by atoms with Gasteiger partial charge in [-0.25, -0.2) is 0 Å². The highest BCUT2D eigenvalue weighted by atomic mass is 16.5. The zero-order valence-electron chi connectivity index (χ0n) is 16.0. The molecule has 7 nitrogen and oxygen atoms in total. The lowest BCUT2D eigenvalue weighted by molar-refractivity contribution is -0.116. The first kappa shape index (κ1) is 18.7. The molecule has 0 radical (unpaired) electrons. The summed E-state index contributed by atoms with van der Waals surface area (Å²) in [5.74, 6) is 2.49. The summed E-state index contributed by atoms with van der Waals surface area (Å²) in [6, 6.07) is 7.40. The van der Waals surface area contributed by atoms with E-state index in [9.17, 15) is 4.79 Å². The number of fused-ring (bicyclic) bond motifs is 1. The van der Waals surface area contributed by atoms with Gasteiger partial charge >= 0.3 is 0 Å². The van der Waals surface area contributed by atoms with E-state index in [0.717, 1.165) is 11.1 Å². The molecule has 2 aromatic carbocycles. The lowest BCUT2D eigenvalue weighted by atomic mass is 9.84. The number of carbonyl (C=O) groups excluding carboxylic acids is 1. The maximum absolute atomic E-state index is 12.3. The lowest BCUT2D eigenvalue weighted by Crippen LogP contribution is -2.23. The van der Waals surface area contributed by atoms with Gasteiger partial charge in [0.2, 0.25) is 11.7 Å². The van der Waals surface area contributed by atoms with Crippen molar-refractivity contribution in [2.75, 3.05) is 40.9 Å². The fraction of sp³-hybridized carbons (Fsp3) is 0.350. The molecule has 0 unspecified atom stereocenters. The van der Waals surface area contributed by atoms with Crippen LogP contribution >= 0.6 is 0 Å². The van der Waals surface area contributed by atoms with Crippen LogP contribution in [-0.2, 0) is 4.79 Å². The standard InChI is InChI=1S/C20H23NO6/c1-23-15-8-13-12(9-19(22)21-14(13)10-16(15)24-2)11-6-17(25-3)20(27-5)18(7-11)26-4/h6-8,10,12H,9H2,1-5H3,(H,21,22)/t12-/m0/s1. The third kappa shape index (κ3) is 3.32. The number of hydrogen-bond donors (Lipinski definition) is 1. The predicted molar refractivity (Wildman–Crippen MR) is 101 cm³/mol. The molecule has 1 atom stereocenters. The van der Waals surface area contributed by atoms with E-state index in [1.165, 1.54) is 0 Å². The molecule has 1 aliphatic heterocycles. The van der Waals surface area contributed by atoms with E-state index in [2.05, 4.69) is 5.32 Å². The Morgan fingerprint density at radius 2 is 1.33 bits per heavy atom. The molecule has 3 rings (SSSR count). The summed E-state index contributed by atoms with van der Waals surface area (Å²) in [4.78, 5) is 12.3. The summed E-state index contributed by atoms with van der Waals surface area (Å²) in [7, 11) is 7.83. The summed E-state index contributed by atoms with van der Waals surface area (Å²) < 4.78 is 27.1. The molecule has 0 saturated heterocycles. The molecule has 0 aromatic heterocycles. The van der Waals surface area contributed by atoms with Gasteiger partial charge < -0.3 is 29.0 Å².